The van der Waals surface area contributed by atoms with E-state index in [2.05, 4.69) is 6.58 Å². The van der Waals surface area contributed by atoms with Crippen LogP contribution in [0.1, 0.15) is 22.8 Å². The highest BCUT2D eigenvalue weighted by Gasteiger charge is 2.12. The summed E-state index contributed by atoms with van der Waals surface area (Å²) in [6.45, 7) is 5.34. The minimum atomic E-state index is -0.585. The molecular weight excluding hydrogens is 196 g/mol. The van der Waals surface area contributed by atoms with Crippen LogP contribution in [0.4, 0.5) is 0 Å². The van der Waals surface area contributed by atoms with Crippen molar-refractivity contribution in [1.82, 2.24) is 0 Å². The van der Waals surface area contributed by atoms with Crippen molar-refractivity contribution in [3.8, 4) is 11.5 Å². The van der Waals surface area contributed by atoms with Crippen LogP contribution >= 0.6 is 0 Å². The van der Waals surface area contributed by atoms with Crippen LogP contribution in [0.5, 0.6) is 11.5 Å². The zero-order valence-corrected chi connectivity index (χ0v) is 8.36. The van der Waals surface area contributed by atoms with Crippen molar-refractivity contribution in [2.24, 2.45) is 0 Å². The van der Waals surface area contributed by atoms with E-state index < -0.39 is 5.97 Å². The predicted molar refractivity (Wildman–Crippen MR) is 55.8 cm³/mol. The van der Waals surface area contributed by atoms with Crippen LogP contribution in [0.2, 0.25) is 0 Å². The molecule has 4 heteroatoms. The van der Waals surface area contributed by atoms with E-state index in [-0.39, 0.29) is 29.2 Å². The van der Waals surface area contributed by atoms with E-state index in [4.69, 9.17) is 4.74 Å². The lowest BCUT2D eigenvalue weighted by atomic mass is 10.1. The summed E-state index contributed by atoms with van der Waals surface area (Å²) in [7, 11) is 0. The average Bonchev–Trinajstić information content (AvgIpc) is 2.17. The third kappa shape index (κ3) is 2.28. The van der Waals surface area contributed by atoms with Crippen molar-refractivity contribution in [3.63, 3.8) is 0 Å². The Morgan fingerprint density at radius 1 is 1.47 bits per heavy atom. The lowest BCUT2D eigenvalue weighted by molar-refractivity contribution is 0.0525. The molecule has 0 radical (unpaired) electrons. The Balaban J connectivity index is 3.13. The number of phenolic OH excluding ortho intramolecular Hbond substituents is 2. The molecule has 0 aromatic heterocycles. The van der Waals surface area contributed by atoms with Crippen LogP contribution in [0.25, 0.3) is 6.08 Å². The Morgan fingerprint density at radius 3 is 2.40 bits per heavy atom. The molecule has 0 bridgehead atoms. The van der Waals surface area contributed by atoms with E-state index in [9.17, 15) is 15.0 Å². The number of carbonyl (C=O) groups is 1. The third-order valence-corrected chi connectivity index (χ3v) is 1.85. The van der Waals surface area contributed by atoms with Crippen molar-refractivity contribution >= 4 is 12.0 Å². The molecule has 15 heavy (non-hydrogen) atoms. The van der Waals surface area contributed by atoms with Gasteiger partial charge in [0.2, 0.25) is 0 Å². The molecule has 0 aliphatic carbocycles. The Morgan fingerprint density at radius 2 is 2.00 bits per heavy atom. The van der Waals surface area contributed by atoms with Gasteiger partial charge in [0.15, 0.2) is 0 Å². The van der Waals surface area contributed by atoms with Crippen LogP contribution in [-0.2, 0) is 4.74 Å². The van der Waals surface area contributed by atoms with Gasteiger partial charge in [0, 0.05) is 0 Å². The van der Waals surface area contributed by atoms with Crippen molar-refractivity contribution in [3.05, 3.63) is 29.8 Å². The molecule has 0 saturated heterocycles. The zero-order chi connectivity index (χ0) is 11.4. The summed E-state index contributed by atoms with van der Waals surface area (Å²) >= 11 is 0. The Kier molecular flexibility index (Phi) is 3.33. The molecule has 0 aliphatic rings. The highest BCUT2D eigenvalue weighted by molar-refractivity contribution is 5.91. The van der Waals surface area contributed by atoms with Gasteiger partial charge in [-0.05, 0) is 19.1 Å². The highest BCUT2D eigenvalue weighted by atomic mass is 16.5. The van der Waals surface area contributed by atoms with Gasteiger partial charge in [-0.25, -0.2) is 4.79 Å². The average molecular weight is 208 g/mol. The smallest absolute Gasteiger partial charge is 0.338 e. The molecule has 1 aromatic carbocycles. The fraction of sp³-hybridized carbons (Fsp3) is 0.182. The number of benzene rings is 1. The zero-order valence-electron chi connectivity index (χ0n) is 8.36. The number of phenols is 2. The fourth-order valence-corrected chi connectivity index (χ4v) is 1.16. The molecule has 0 spiro atoms. The van der Waals surface area contributed by atoms with Crippen LogP contribution < -0.4 is 0 Å². The molecular formula is C11H12O4. The number of esters is 1. The van der Waals surface area contributed by atoms with Crippen LogP contribution in [0, 0.1) is 0 Å². The van der Waals surface area contributed by atoms with Gasteiger partial charge >= 0.3 is 5.97 Å². The largest absolute Gasteiger partial charge is 0.507 e. The van der Waals surface area contributed by atoms with Gasteiger partial charge in [-0.15, -0.1) is 0 Å². The first-order chi connectivity index (χ1) is 7.10. The molecule has 1 rings (SSSR count). The second-order valence-electron chi connectivity index (χ2n) is 2.85. The minimum absolute atomic E-state index is 0.109. The van der Waals surface area contributed by atoms with E-state index in [0.29, 0.717) is 0 Å². The van der Waals surface area contributed by atoms with Gasteiger partial charge in [-0.2, -0.15) is 0 Å². The molecule has 1 aromatic rings. The summed E-state index contributed by atoms with van der Waals surface area (Å²) in [5.41, 5.74) is 0.306. The molecule has 0 heterocycles. The molecule has 0 fully saturated rings. The van der Waals surface area contributed by atoms with Crippen LogP contribution in [0.15, 0.2) is 18.7 Å². The number of hydrogen-bond donors (Lipinski definition) is 2. The van der Waals surface area contributed by atoms with E-state index in [1.165, 1.54) is 18.2 Å². The summed E-state index contributed by atoms with van der Waals surface area (Å²) in [5, 5.41) is 18.9. The maximum Gasteiger partial charge on any atom is 0.338 e. The van der Waals surface area contributed by atoms with E-state index in [1.54, 1.807) is 6.92 Å². The minimum Gasteiger partial charge on any atom is -0.507 e. The Hall–Kier alpha value is -1.97. The lowest BCUT2D eigenvalue weighted by Gasteiger charge is -2.06. The SMILES string of the molecule is C=Cc1c(O)cc(C(=O)OCC)cc1O. The first kappa shape index (κ1) is 11.1. The molecule has 0 atom stereocenters. The van der Waals surface area contributed by atoms with Gasteiger partial charge in [0.05, 0.1) is 17.7 Å². The second kappa shape index (κ2) is 4.50. The van der Waals surface area contributed by atoms with E-state index in [1.807, 2.05) is 0 Å². The predicted octanol–water partition coefficient (Wildman–Crippen LogP) is 1.92. The number of carbonyl (C=O) groups excluding carboxylic acids is 1. The molecule has 0 aliphatic heterocycles. The Bertz CT molecular complexity index is 373. The third-order valence-electron chi connectivity index (χ3n) is 1.85. The standard InChI is InChI=1S/C11H12O4/c1-3-8-9(12)5-7(6-10(8)13)11(14)15-4-2/h3,5-6,12-13H,1,4H2,2H3. The molecule has 0 saturated carbocycles. The number of hydrogen-bond acceptors (Lipinski definition) is 4. The quantitative estimate of drug-likeness (QED) is 0.744. The van der Waals surface area contributed by atoms with Gasteiger partial charge in [-0.3, -0.25) is 0 Å². The summed E-state index contributed by atoms with van der Waals surface area (Å²) in [6, 6.07) is 2.46. The lowest BCUT2D eigenvalue weighted by Crippen LogP contribution is -2.04. The molecule has 80 valence electrons. The normalized spacial score (nSPS) is 9.67. The van der Waals surface area contributed by atoms with Crippen molar-refractivity contribution in [2.45, 2.75) is 6.92 Å². The molecule has 2 N–H and O–H groups in total. The molecule has 4 nitrogen and oxygen atoms in total. The van der Waals surface area contributed by atoms with Gasteiger partial charge in [0.1, 0.15) is 11.5 Å². The summed E-state index contributed by atoms with van der Waals surface area (Å²) in [5.74, 6) is -0.986. The van der Waals surface area contributed by atoms with Gasteiger partial charge in [0.25, 0.3) is 0 Å². The fourth-order valence-electron chi connectivity index (χ4n) is 1.16. The van der Waals surface area contributed by atoms with E-state index in [0.717, 1.165) is 0 Å². The monoisotopic (exact) mass is 208 g/mol. The highest BCUT2D eigenvalue weighted by Crippen LogP contribution is 2.29. The van der Waals surface area contributed by atoms with Crippen molar-refractivity contribution in [2.75, 3.05) is 6.61 Å². The summed E-state index contributed by atoms with van der Waals surface area (Å²) in [6.07, 6.45) is 1.31. The van der Waals surface area contributed by atoms with Crippen molar-refractivity contribution in [1.29, 1.82) is 0 Å². The maximum atomic E-state index is 11.3. The number of ether oxygens (including phenoxy) is 1. The van der Waals surface area contributed by atoms with E-state index >= 15 is 0 Å². The Labute approximate surface area is 87.4 Å². The summed E-state index contributed by atoms with van der Waals surface area (Å²) < 4.78 is 4.72. The second-order valence-corrected chi connectivity index (χ2v) is 2.85. The molecule has 0 amide bonds. The van der Waals surface area contributed by atoms with Crippen LogP contribution in [-0.4, -0.2) is 22.8 Å². The number of rotatable bonds is 3. The first-order valence-corrected chi connectivity index (χ1v) is 4.45. The topological polar surface area (TPSA) is 66.8 Å². The van der Waals surface area contributed by atoms with Crippen molar-refractivity contribution < 1.29 is 19.7 Å². The van der Waals surface area contributed by atoms with Gasteiger partial charge < -0.3 is 14.9 Å². The summed E-state index contributed by atoms with van der Waals surface area (Å²) in [4.78, 5) is 11.3. The van der Waals surface area contributed by atoms with Crippen LogP contribution in [0.3, 0.4) is 0 Å². The molecule has 0 unspecified atom stereocenters. The maximum absolute atomic E-state index is 11.3. The number of aromatic hydroxyl groups is 2. The van der Waals surface area contributed by atoms with Gasteiger partial charge in [-0.1, -0.05) is 12.7 Å². The first-order valence-electron chi connectivity index (χ1n) is 4.45.